The average Bonchev–Trinajstić information content (AvgIpc) is 3.16. The van der Waals surface area contributed by atoms with Gasteiger partial charge in [-0.2, -0.15) is 0 Å². The van der Waals surface area contributed by atoms with Crippen LogP contribution < -0.4 is 10.3 Å². The smallest absolute Gasteiger partial charge is 0.260 e. The Labute approximate surface area is 173 Å². The Bertz CT molecular complexity index is 1450. The highest BCUT2D eigenvalue weighted by molar-refractivity contribution is 7.71. The number of hydrogen-bond donors (Lipinski definition) is 2. The molecule has 8 heteroatoms. The number of nitrogens with zero attached hydrogens (tertiary/aromatic N) is 2. The monoisotopic (exact) mass is 418 g/mol. The molecule has 3 heterocycles. The highest BCUT2D eigenvalue weighted by atomic mass is 32.1. The van der Waals surface area contributed by atoms with E-state index in [1.54, 1.807) is 18.4 Å². The highest BCUT2D eigenvalue weighted by Crippen LogP contribution is 2.40. The molecule has 0 aliphatic rings. The van der Waals surface area contributed by atoms with E-state index in [0.29, 0.717) is 21.2 Å². The summed E-state index contributed by atoms with van der Waals surface area (Å²) in [4.78, 5) is 27.6. The maximum absolute atomic E-state index is 12.8. The zero-order chi connectivity index (χ0) is 20.0. The molecule has 0 aliphatic heterocycles. The van der Waals surface area contributed by atoms with Crippen molar-refractivity contribution in [2.24, 2.45) is 0 Å². The van der Waals surface area contributed by atoms with Crippen molar-refractivity contribution in [3.05, 3.63) is 69.9 Å². The van der Waals surface area contributed by atoms with Gasteiger partial charge in [-0.15, -0.1) is 11.3 Å². The molecule has 0 fully saturated rings. The standard InChI is InChI=1S/C21H14N4O2S2/c1-27-12-8-6-11(7-9-12)15-16-18(22-10-23-19(16)26)25-20(28)17(15)21-24-13-4-2-3-5-14(13)29-21/h2-10H,1H3,(H2,22,23,25,26,28). The lowest BCUT2D eigenvalue weighted by Crippen LogP contribution is -2.10. The SMILES string of the molecule is COc1ccc(-c2c(-c3nc4ccccc4s3)c(=S)[nH]c3nc[nH]c(=O)c23)cc1. The molecule has 142 valence electrons. The summed E-state index contributed by atoms with van der Waals surface area (Å²) in [5.41, 5.74) is 3.35. The Hall–Kier alpha value is -3.36. The first-order valence-electron chi connectivity index (χ1n) is 8.80. The number of para-hydroxylation sites is 1. The summed E-state index contributed by atoms with van der Waals surface area (Å²) < 4.78 is 6.82. The van der Waals surface area contributed by atoms with Crippen LogP contribution in [0.25, 0.3) is 42.9 Å². The van der Waals surface area contributed by atoms with Gasteiger partial charge in [-0.1, -0.05) is 36.5 Å². The summed E-state index contributed by atoms with van der Waals surface area (Å²) in [7, 11) is 1.62. The number of hydrogen-bond acceptors (Lipinski definition) is 6. The number of ether oxygens (including phenoxy) is 1. The predicted molar refractivity (Wildman–Crippen MR) is 118 cm³/mol. The second kappa shape index (κ2) is 6.91. The number of pyridine rings is 1. The first-order chi connectivity index (χ1) is 14.2. The fourth-order valence-corrected chi connectivity index (χ4v) is 4.75. The van der Waals surface area contributed by atoms with Crippen LogP contribution in [-0.4, -0.2) is 27.0 Å². The van der Waals surface area contributed by atoms with Crippen molar-refractivity contribution in [2.45, 2.75) is 0 Å². The molecule has 0 atom stereocenters. The van der Waals surface area contributed by atoms with Crippen LogP contribution in [0.3, 0.4) is 0 Å². The fraction of sp³-hybridized carbons (Fsp3) is 0.0476. The van der Waals surface area contributed by atoms with Crippen LogP contribution in [0.15, 0.2) is 59.7 Å². The molecule has 0 unspecified atom stereocenters. The number of nitrogens with one attached hydrogen (secondary N) is 2. The van der Waals surface area contributed by atoms with Gasteiger partial charge >= 0.3 is 0 Å². The van der Waals surface area contributed by atoms with Crippen LogP contribution in [0.5, 0.6) is 5.75 Å². The van der Waals surface area contributed by atoms with Gasteiger partial charge in [0.1, 0.15) is 21.0 Å². The molecule has 2 aromatic carbocycles. The van der Waals surface area contributed by atoms with Crippen LogP contribution in [0.1, 0.15) is 0 Å². The van der Waals surface area contributed by atoms with Crippen molar-refractivity contribution in [1.29, 1.82) is 0 Å². The topological polar surface area (TPSA) is 83.7 Å². The molecule has 6 nitrogen and oxygen atoms in total. The Balaban J connectivity index is 1.92. The molecule has 0 aliphatic carbocycles. The first kappa shape index (κ1) is 17.7. The largest absolute Gasteiger partial charge is 0.497 e. The van der Waals surface area contributed by atoms with E-state index in [0.717, 1.165) is 32.1 Å². The van der Waals surface area contributed by atoms with E-state index in [-0.39, 0.29) is 5.56 Å². The van der Waals surface area contributed by atoms with E-state index in [1.807, 2.05) is 48.5 Å². The highest BCUT2D eigenvalue weighted by Gasteiger charge is 2.20. The lowest BCUT2D eigenvalue weighted by molar-refractivity contribution is 0.415. The molecule has 29 heavy (non-hydrogen) atoms. The number of H-pyrrole nitrogens is 2. The van der Waals surface area contributed by atoms with Gasteiger partial charge in [-0.3, -0.25) is 4.79 Å². The van der Waals surface area contributed by atoms with Crippen LogP contribution >= 0.6 is 23.6 Å². The van der Waals surface area contributed by atoms with Crippen molar-refractivity contribution in [2.75, 3.05) is 7.11 Å². The summed E-state index contributed by atoms with van der Waals surface area (Å²) in [5.74, 6) is 0.729. The van der Waals surface area contributed by atoms with Crippen molar-refractivity contribution >= 4 is 44.8 Å². The minimum Gasteiger partial charge on any atom is -0.497 e. The second-order valence-corrected chi connectivity index (χ2v) is 7.81. The molecule has 0 amide bonds. The van der Waals surface area contributed by atoms with E-state index in [4.69, 9.17) is 21.9 Å². The van der Waals surface area contributed by atoms with Gasteiger partial charge < -0.3 is 14.7 Å². The average molecular weight is 419 g/mol. The minimum absolute atomic E-state index is 0.241. The first-order valence-corrected chi connectivity index (χ1v) is 10.0. The molecule has 0 bridgehead atoms. The molecule has 2 N–H and O–H groups in total. The lowest BCUT2D eigenvalue weighted by atomic mass is 9.98. The van der Waals surface area contributed by atoms with Gasteiger partial charge in [-0.25, -0.2) is 9.97 Å². The summed E-state index contributed by atoms with van der Waals surface area (Å²) in [5, 5.41) is 1.20. The van der Waals surface area contributed by atoms with E-state index < -0.39 is 0 Å². The van der Waals surface area contributed by atoms with Crippen LogP contribution in [0.4, 0.5) is 0 Å². The van der Waals surface area contributed by atoms with Crippen LogP contribution in [-0.2, 0) is 0 Å². The Kier molecular flexibility index (Phi) is 4.22. The Morgan fingerprint density at radius 3 is 2.62 bits per heavy atom. The third-order valence-electron chi connectivity index (χ3n) is 4.70. The quantitative estimate of drug-likeness (QED) is 0.406. The Morgan fingerprint density at radius 2 is 1.86 bits per heavy atom. The number of thiazole rings is 1. The number of fused-ring (bicyclic) bond motifs is 2. The van der Waals surface area contributed by atoms with E-state index >= 15 is 0 Å². The lowest BCUT2D eigenvalue weighted by Gasteiger charge is -2.12. The molecule has 5 rings (SSSR count). The van der Waals surface area contributed by atoms with E-state index in [2.05, 4.69) is 15.0 Å². The molecule has 0 saturated carbocycles. The van der Waals surface area contributed by atoms with Gasteiger partial charge in [-0.05, 0) is 29.8 Å². The molecule has 0 saturated heterocycles. The second-order valence-electron chi connectivity index (χ2n) is 6.37. The number of benzene rings is 2. The number of aromatic nitrogens is 4. The summed E-state index contributed by atoms with van der Waals surface area (Å²) in [6.07, 6.45) is 1.37. The van der Waals surface area contributed by atoms with Gasteiger partial charge in [0.15, 0.2) is 0 Å². The van der Waals surface area contributed by atoms with Gasteiger partial charge in [0, 0.05) is 5.56 Å². The zero-order valence-corrected chi connectivity index (χ0v) is 16.9. The maximum Gasteiger partial charge on any atom is 0.260 e. The summed E-state index contributed by atoms with van der Waals surface area (Å²) in [6.45, 7) is 0. The van der Waals surface area contributed by atoms with E-state index in [1.165, 1.54) is 6.33 Å². The van der Waals surface area contributed by atoms with Gasteiger partial charge in [0.25, 0.3) is 5.56 Å². The summed E-state index contributed by atoms with van der Waals surface area (Å²) >= 11 is 7.22. The molecule has 3 aromatic heterocycles. The maximum atomic E-state index is 12.8. The van der Waals surface area contributed by atoms with Crippen molar-refractivity contribution in [3.63, 3.8) is 0 Å². The number of rotatable bonds is 3. The minimum atomic E-state index is -0.241. The molecular weight excluding hydrogens is 404 g/mol. The predicted octanol–water partition coefficient (Wildman–Crippen LogP) is 4.93. The van der Waals surface area contributed by atoms with Gasteiger partial charge in [0.2, 0.25) is 0 Å². The van der Waals surface area contributed by atoms with E-state index in [9.17, 15) is 4.79 Å². The number of aromatic amines is 2. The number of methoxy groups -OCH3 is 1. The molecule has 0 spiro atoms. The molecule has 5 aromatic rings. The van der Waals surface area contributed by atoms with Crippen molar-refractivity contribution in [3.8, 4) is 27.4 Å². The van der Waals surface area contributed by atoms with Crippen molar-refractivity contribution in [1.82, 2.24) is 19.9 Å². The van der Waals surface area contributed by atoms with Crippen LogP contribution in [0.2, 0.25) is 0 Å². The van der Waals surface area contributed by atoms with Gasteiger partial charge in [0.05, 0.1) is 34.6 Å². The molecular formula is C21H14N4O2S2. The fourth-order valence-electron chi connectivity index (χ4n) is 3.36. The third-order valence-corrected chi connectivity index (χ3v) is 6.06. The summed E-state index contributed by atoms with van der Waals surface area (Å²) in [6, 6.07) is 15.4. The normalized spacial score (nSPS) is 11.2. The van der Waals surface area contributed by atoms with Crippen LogP contribution in [0, 0.1) is 4.64 Å². The Morgan fingerprint density at radius 1 is 1.07 bits per heavy atom. The third kappa shape index (κ3) is 2.93. The molecule has 0 radical (unpaired) electrons. The van der Waals surface area contributed by atoms with Crippen molar-refractivity contribution < 1.29 is 4.74 Å². The zero-order valence-electron chi connectivity index (χ0n) is 15.2.